The highest BCUT2D eigenvalue weighted by atomic mass is 16.2. The first-order chi connectivity index (χ1) is 6.68. The fourth-order valence-electron chi connectivity index (χ4n) is 2.33. The fourth-order valence-corrected chi connectivity index (χ4v) is 2.33. The van der Waals surface area contributed by atoms with Crippen molar-refractivity contribution >= 4 is 5.91 Å². The van der Waals surface area contributed by atoms with E-state index in [1.165, 1.54) is 6.42 Å². The zero-order valence-corrected chi connectivity index (χ0v) is 8.91. The molecule has 1 aliphatic heterocycles. The van der Waals surface area contributed by atoms with E-state index in [2.05, 4.69) is 6.92 Å². The van der Waals surface area contributed by atoms with E-state index in [9.17, 15) is 4.79 Å². The first-order valence-corrected chi connectivity index (χ1v) is 5.74. The molecule has 0 bridgehead atoms. The summed E-state index contributed by atoms with van der Waals surface area (Å²) < 4.78 is 0. The molecule has 1 saturated carbocycles. The van der Waals surface area contributed by atoms with Gasteiger partial charge in [0.05, 0.1) is 0 Å². The van der Waals surface area contributed by atoms with Crippen LogP contribution in [0.2, 0.25) is 0 Å². The van der Waals surface area contributed by atoms with Gasteiger partial charge in [-0.05, 0) is 32.6 Å². The molecule has 0 spiro atoms. The largest absolute Gasteiger partial charge is 0.338 e. The molecular formula is C11H20N2O. The van der Waals surface area contributed by atoms with Gasteiger partial charge in [0.1, 0.15) is 0 Å². The monoisotopic (exact) mass is 196 g/mol. The van der Waals surface area contributed by atoms with Crippen LogP contribution in [0.4, 0.5) is 0 Å². The smallest absolute Gasteiger partial charge is 0.225 e. The molecule has 1 saturated heterocycles. The van der Waals surface area contributed by atoms with E-state index in [1.807, 2.05) is 4.90 Å². The van der Waals surface area contributed by atoms with Crippen molar-refractivity contribution in [1.82, 2.24) is 4.90 Å². The van der Waals surface area contributed by atoms with Crippen LogP contribution in [0.3, 0.4) is 0 Å². The van der Waals surface area contributed by atoms with Crippen molar-refractivity contribution in [3.8, 4) is 0 Å². The average molecular weight is 196 g/mol. The van der Waals surface area contributed by atoms with Gasteiger partial charge >= 0.3 is 0 Å². The number of hydrogen-bond donors (Lipinski definition) is 1. The number of nitrogens with zero attached hydrogens (tertiary/aromatic N) is 1. The lowest BCUT2D eigenvalue weighted by atomic mass is 9.83. The molecule has 2 atom stereocenters. The number of likely N-dealkylation sites (tertiary alicyclic amines) is 1. The second-order valence-electron chi connectivity index (χ2n) is 4.80. The minimum absolute atomic E-state index is 0.204. The van der Waals surface area contributed by atoms with Gasteiger partial charge < -0.3 is 10.6 Å². The van der Waals surface area contributed by atoms with Crippen molar-refractivity contribution in [1.29, 1.82) is 0 Å². The number of carbonyl (C=O) groups excluding carboxylic acids is 1. The van der Waals surface area contributed by atoms with Crippen molar-refractivity contribution in [2.45, 2.75) is 51.1 Å². The predicted octanol–water partition coefficient (Wildman–Crippen LogP) is 1.12. The number of amides is 1. The first-order valence-electron chi connectivity index (χ1n) is 5.74. The molecule has 0 aromatic carbocycles. The zero-order valence-electron chi connectivity index (χ0n) is 8.91. The minimum Gasteiger partial charge on any atom is -0.338 e. The molecule has 2 rings (SSSR count). The number of rotatable bonds is 1. The van der Waals surface area contributed by atoms with Gasteiger partial charge in [0.25, 0.3) is 0 Å². The molecule has 1 aliphatic carbocycles. The number of hydrogen-bond acceptors (Lipinski definition) is 2. The van der Waals surface area contributed by atoms with Gasteiger partial charge in [0.2, 0.25) is 5.91 Å². The second kappa shape index (κ2) is 3.89. The highest BCUT2D eigenvalue weighted by Gasteiger charge is 2.34. The Morgan fingerprint density at radius 2 is 2.00 bits per heavy atom. The molecule has 2 fully saturated rings. The van der Waals surface area contributed by atoms with Crippen LogP contribution in [0, 0.1) is 5.92 Å². The molecule has 3 heteroatoms. The number of nitrogens with two attached hydrogens (primary N) is 1. The Labute approximate surface area is 85.6 Å². The van der Waals surface area contributed by atoms with Crippen LogP contribution in [0.15, 0.2) is 0 Å². The average Bonchev–Trinajstić information content (AvgIpc) is 2.06. The van der Waals surface area contributed by atoms with Gasteiger partial charge in [0.15, 0.2) is 0 Å². The molecule has 0 radical (unpaired) electrons. The summed E-state index contributed by atoms with van der Waals surface area (Å²) in [5, 5.41) is 0. The van der Waals surface area contributed by atoms with E-state index in [0.29, 0.717) is 17.9 Å². The quantitative estimate of drug-likeness (QED) is 0.683. The molecule has 3 nitrogen and oxygen atoms in total. The van der Waals surface area contributed by atoms with Crippen LogP contribution in [0.25, 0.3) is 0 Å². The van der Waals surface area contributed by atoms with Gasteiger partial charge in [-0.3, -0.25) is 4.79 Å². The Morgan fingerprint density at radius 1 is 1.29 bits per heavy atom. The summed E-state index contributed by atoms with van der Waals surface area (Å²) in [5.74, 6) is 0.682. The van der Waals surface area contributed by atoms with Crippen molar-refractivity contribution in [2.24, 2.45) is 11.7 Å². The van der Waals surface area contributed by atoms with Gasteiger partial charge in [0, 0.05) is 24.5 Å². The molecule has 2 unspecified atom stereocenters. The van der Waals surface area contributed by atoms with Gasteiger partial charge in [-0.15, -0.1) is 0 Å². The van der Waals surface area contributed by atoms with Crippen LogP contribution in [-0.4, -0.2) is 29.4 Å². The molecule has 0 aromatic heterocycles. The Hall–Kier alpha value is -0.570. The molecule has 0 aromatic rings. The van der Waals surface area contributed by atoms with Crippen LogP contribution < -0.4 is 5.73 Å². The predicted molar refractivity (Wildman–Crippen MR) is 55.7 cm³/mol. The number of piperidine rings is 1. The number of carbonyl (C=O) groups is 1. The van der Waals surface area contributed by atoms with E-state index in [0.717, 1.165) is 32.2 Å². The van der Waals surface area contributed by atoms with Crippen molar-refractivity contribution in [2.75, 3.05) is 6.54 Å². The first kappa shape index (κ1) is 9.97. The van der Waals surface area contributed by atoms with Crippen LogP contribution >= 0.6 is 0 Å². The van der Waals surface area contributed by atoms with Crippen LogP contribution in [-0.2, 0) is 4.79 Å². The van der Waals surface area contributed by atoms with Crippen LogP contribution in [0.1, 0.15) is 39.0 Å². The van der Waals surface area contributed by atoms with E-state index in [4.69, 9.17) is 5.73 Å². The zero-order chi connectivity index (χ0) is 10.1. The summed E-state index contributed by atoms with van der Waals surface area (Å²) in [5.41, 5.74) is 5.89. The Kier molecular flexibility index (Phi) is 2.77. The van der Waals surface area contributed by atoms with E-state index < -0.39 is 0 Å². The van der Waals surface area contributed by atoms with Gasteiger partial charge in [-0.1, -0.05) is 6.42 Å². The molecule has 1 heterocycles. The van der Waals surface area contributed by atoms with Crippen molar-refractivity contribution < 1.29 is 4.79 Å². The summed E-state index contributed by atoms with van der Waals surface area (Å²) in [6.45, 7) is 2.92. The van der Waals surface area contributed by atoms with E-state index in [1.54, 1.807) is 0 Å². The second-order valence-corrected chi connectivity index (χ2v) is 4.80. The third-order valence-electron chi connectivity index (χ3n) is 3.66. The van der Waals surface area contributed by atoms with E-state index in [-0.39, 0.29) is 6.04 Å². The Balaban J connectivity index is 1.96. The van der Waals surface area contributed by atoms with Crippen LogP contribution in [0.5, 0.6) is 0 Å². The highest BCUT2D eigenvalue weighted by molar-refractivity contribution is 5.80. The lowest BCUT2D eigenvalue weighted by Gasteiger charge is -2.40. The summed E-state index contributed by atoms with van der Waals surface area (Å²) in [7, 11) is 0. The summed E-state index contributed by atoms with van der Waals surface area (Å²) in [4.78, 5) is 14.0. The molecule has 14 heavy (non-hydrogen) atoms. The van der Waals surface area contributed by atoms with E-state index >= 15 is 0 Å². The maximum Gasteiger partial charge on any atom is 0.225 e. The summed E-state index contributed by atoms with van der Waals surface area (Å²) >= 11 is 0. The molecule has 2 aliphatic rings. The normalized spacial score (nSPS) is 34.0. The third kappa shape index (κ3) is 1.78. The summed E-state index contributed by atoms with van der Waals surface area (Å²) in [6, 6.07) is 0.609. The maximum absolute atomic E-state index is 12.0. The SMILES string of the molecule is CC1CCC(N)CN1C(=O)C1CCC1. The lowest BCUT2D eigenvalue weighted by molar-refractivity contribution is -0.141. The minimum atomic E-state index is 0.204. The van der Waals surface area contributed by atoms with Gasteiger partial charge in [-0.25, -0.2) is 0 Å². The molecule has 2 N–H and O–H groups in total. The summed E-state index contributed by atoms with van der Waals surface area (Å²) in [6.07, 6.45) is 5.55. The molecule has 80 valence electrons. The molecular weight excluding hydrogens is 176 g/mol. The van der Waals surface area contributed by atoms with Crippen molar-refractivity contribution in [3.63, 3.8) is 0 Å². The highest BCUT2D eigenvalue weighted by Crippen LogP contribution is 2.30. The fraction of sp³-hybridized carbons (Fsp3) is 0.909. The lowest BCUT2D eigenvalue weighted by Crippen LogP contribution is -2.52. The standard InChI is InChI=1S/C11H20N2O/c1-8-5-6-10(12)7-13(8)11(14)9-3-2-4-9/h8-10H,2-7,12H2,1H3. The third-order valence-corrected chi connectivity index (χ3v) is 3.66. The molecule has 1 amide bonds. The maximum atomic E-state index is 12.0. The Morgan fingerprint density at radius 3 is 2.57 bits per heavy atom. The van der Waals surface area contributed by atoms with Crippen molar-refractivity contribution in [3.05, 3.63) is 0 Å². The van der Waals surface area contributed by atoms with Gasteiger partial charge in [-0.2, -0.15) is 0 Å². The topological polar surface area (TPSA) is 46.3 Å². The Bertz CT molecular complexity index is 225.